The second-order valence-corrected chi connectivity index (χ2v) is 6.58. The van der Waals surface area contributed by atoms with Gasteiger partial charge in [-0.1, -0.05) is 24.2 Å². The second-order valence-electron chi connectivity index (χ2n) is 6.58. The highest BCUT2D eigenvalue weighted by Gasteiger charge is 2.20. The highest BCUT2D eigenvalue weighted by molar-refractivity contribution is 5.92. The molecule has 1 aliphatic rings. The van der Waals surface area contributed by atoms with Crippen LogP contribution in [-0.4, -0.2) is 53.6 Å². The van der Waals surface area contributed by atoms with Crippen molar-refractivity contribution in [3.8, 4) is 0 Å². The number of piperazine rings is 1. The molecule has 6 heteroatoms. The van der Waals surface area contributed by atoms with Gasteiger partial charge in [-0.25, -0.2) is 0 Å². The molecule has 1 N–H and O–H groups in total. The Hall–Kier alpha value is -2.18. The maximum Gasteiger partial charge on any atom is 0.238 e. The van der Waals surface area contributed by atoms with Gasteiger partial charge in [0.2, 0.25) is 5.91 Å². The molecule has 0 saturated carbocycles. The van der Waals surface area contributed by atoms with Crippen LogP contribution in [0.3, 0.4) is 0 Å². The quantitative estimate of drug-likeness (QED) is 0.873. The summed E-state index contributed by atoms with van der Waals surface area (Å²) in [5.74, 6) is 0.895. The van der Waals surface area contributed by atoms with Crippen LogP contribution in [0.4, 0.5) is 5.69 Å². The fraction of sp³-hybridized carbons (Fsp3) is 0.474. The molecule has 0 aliphatic carbocycles. The van der Waals surface area contributed by atoms with Crippen LogP contribution in [0.25, 0.3) is 0 Å². The predicted molar refractivity (Wildman–Crippen MR) is 97.4 cm³/mol. The van der Waals surface area contributed by atoms with Gasteiger partial charge in [-0.3, -0.25) is 14.6 Å². The molecular weight excluding hydrogens is 316 g/mol. The lowest BCUT2D eigenvalue weighted by molar-refractivity contribution is -0.117. The molecule has 0 radical (unpaired) electrons. The van der Waals surface area contributed by atoms with Gasteiger partial charge in [-0.05, 0) is 31.0 Å². The lowest BCUT2D eigenvalue weighted by atomic mass is 10.1. The summed E-state index contributed by atoms with van der Waals surface area (Å²) >= 11 is 0. The number of aromatic nitrogens is 1. The predicted octanol–water partition coefficient (Wildman–Crippen LogP) is 2.30. The lowest BCUT2D eigenvalue weighted by Gasteiger charge is -2.33. The van der Waals surface area contributed by atoms with Gasteiger partial charge in [0.1, 0.15) is 5.76 Å². The summed E-state index contributed by atoms with van der Waals surface area (Å²) in [7, 11) is 0. The maximum absolute atomic E-state index is 12.3. The monoisotopic (exact) mass is 342 g/mol. The zero-order valence-corrected chi connectivity index (χ0v) is 15.0. The van der Waals surface area contributed by atoms with Gasteiger partial charge in [0.05, 0.1) is 12.2 Å². The average molecular weight is 342 g/mol. The molecule has 0 spiro atoms. The van der Waals surface area contributed by atoms with E-state index < -0.39 is 0 Å². The molecule has 2 aromatic rings. The zero-order chi connectivity index (χ0) is 17.6. The molecule has 25 heavy (non-hydrogen) atoms. The smallest absolute Gasteiger partial charge is 0.238 e. The molecule has 0 bridgehead atoms. The largest absolute Gasteiger partial charge is 0.361 e. The summed E-state index contributed by atoms with van der Waals surface area (Å²) in [5, 5.41) is 7.04. The number of hydrogen-bond acceptors (Lipinski definition) is 5. The van der Waals surface area contributed by atoms with E-state index in [1.54, 1.807) is 0 Å². The molecular formula is C19H26N4O2. The molecule has 2 heterocycles. The van der Waals surface area contributed by atoms with Crippen LogP contribution in [0.1, 0.15) is 23.9 Å². The number of amides is 1. The Morgan fingerprint density at radius 3 is 2.64 bits per heavy atom. The Morgan fingerprint density at radius 2 is 1.96 bits per heavy atom. The Balaban J connectivity index is 1.42. The first-order valence-corrected chi connectivity index (χ1v) is 8.88. The third-order valence-electron chi connectivity index (χ3n) is 4.51. The normalized spacial score (nSPS) is 16.1. The van der Waals surface area contributed by atoms with E-state index in [-0.39, 0.29) is 5.91 Å². The maximum atomic E-state index is 12.3. The van der Waals surface area contributed by atoms with Crippen molar-refractivity contribution in [2.45, 2.75) is 26.8 Å². The lowest BCUT2D eigenvalue weighted by Crippen LogP contribution is -2.48. The zero-order valence-electron chi connectivity index (χ0n) is 15.0. The first-order valence-electron chi connectivity index (χ1n) is 8.88. The van der Waals surface area contributed by atoms with Gasteiger partial charge < -0.3 is 9.84 Å². The Morgan fingerprint density at radius 1 is 1.20 bits per heavy atom. The molecule has 6 nitrogen and oxygen atoms in total. The van der Waals surface area contributed by atoms with E-state index >= 15 is 0 Å². The molecule has 0 atom stereocenters. The van der Waals surface area contributed by atoms with Crippen LogP contribution >= 0.6 is 0 Å². The molecule has 1 amide bonds. The van der Waals surface area contributed by atoms with Crippen molar-refractivity contribution >= 4 is 11.6 Å². The highest BCUT2D eigenvalue weighted by Crippen LogP contribution is 2.12. The highest BCUT2D eigenvalue weighted by atomic mass is 16.5. The number of hydrogen-bond donors (Lipinski definition) is 1. The summed E-state index contributed by atoms with van der Waals surface area (Å²) in [6.45, 7) is 8.91. The second kappa shape index (κ2) is 8.27. The standard InChI is InChI=1S/C19H26N4O2/c1-3-16-5-4-6-17(12-16)20-19(24)14-23-9-7-22(8-10-23)13-18-11-15(2)25-21-18/h4-6,11-12H,3,7-10,13-14H2,1-2H3,(H,20,24). The van der Waals surface area contributed by atoms with Crippen LogP contribution in [0.2, 0.25) is 0 Å². The number of aryl methyl sites for hydroxylation is 2. The summed E-state index contributed by atoms with van der Waals surface area (Å²) in [4.78, 5) is 16.8. The average Bonchev–Trinajstić information content (AvgIpc) is 3.01. The van der Waals surface area contributed by atoms with Gasteiger partial charge >= 0.3 is 0 Å². The first kappa shape index (κ1) is 17.6. The van der Waals surface area contributed by atoms with Gasteiger partial charge in [-0.2, -0.15) is 0 Å². The summed E-state index contributed by atoms with van der Waals surface area (Å²) in [6, 6.07) is 10.0. The van der Waals surface area contributed by atoms with Crippen LogP contribution in [-0.2, 0) is 17.8 Å². The van der Waals surface area contributed by atoms with E-state index in [9.17, 15) is 4.79 Å². The number of carbonyl (C=O) groups excluding carboxylic acids is 1. The first-order chi connectivity index (χ1) is 12.1. The van der Waals surface area contributed by atoms with Crippen LogP contribution in [0.5, 0.6) is 0 Å². The number of carbonyl (C=O) groups is 1. The Kier molecular flexibility index (Phi) is 5.83. The topological polar surface area (TPSA) is 61.6 Å². The summed E-state index contributed by atoms with van der Waals surface area (Å²) in [5.41, 5.74) is 3.08. The van der Waals surface area contributed by atoms with Gasteiger partial charge in [0.25, 0.3) is 0 Å². The fourth-order valence-electron chi connectivity index (χ4n) is 3.10. The van der Waals surface area contributed by atoms with Crippen molar-refractivity contribution in [3.63, 3.8) is 0 Å². The molecule has 1 saturated heterocycles. The molecule has 1 aromatic carbocycles. The van der Waals surface area contributed by atoms with E-state index in [4.69, 9.17) is 4.52 Å². The number of rotatable bonds is 6. The van der Waals surface area contributed by atoms with E-state index in [0.29, 0.717) is 6.54 Å². The number of benzene rings is 1. The number of nitrogens with zero attached hydrogens (tertiary/aromatic N) is 3. The van der Waals surface area contributed by atoms with E-state index in [1.807, 2.05) is 31.2 Å². The SMILES string of the molecule is CCc1cccc(NC(=O)CN2CCN(Cc3cc(C)on3)CC2)c1. The van der Waals surface area contributed by atoms with Crippen molar-refractivity contribution in [3.05, 3.63) is 47.3 Å². The third kappa shape index (κ3) is 5.14. The summed E-state index contributed by atoms with van der Waals surface area (Å²) < 4.78 is 5.11. The molecule has 1 aromatic heterocycles. The van der Waals surface area contributed by atoms with Crippen molar-refractivity contribution in [2.75, 3.05) is 38.0 Å². The summed E-state index contributed by atoms with van der Waals surface area (Å²) in [6.07, 6.45) is 0.969. The van der Waals surface area contributed by atoms with Crippen LogP contribution in [0, 0.1) is 6.92 Å². The van der Waals surface area contributed by atoms with E-state index in [1.165, 1.54) is 5.56 Å². The van der Waals surface area contributed by atoms with Crippen molar-refractivity contribution in [1.82, 2.24) is 15.0 Å². The molecule has 134 valence electrons. The van der Waals surface area contributed by atoms with Crippen LogP contribution in [0.15, 0.2) is 34.9 Å². The fourth-order valence-corrected chi connectivity index (χ4v) is 3.10. The van der Waals surface area contributed by atoms with Crippen molar-refractivity contribution < 1.29 is 9.32 Å². The molecule has 1 aliphatic heterocycles. The van der Waals surface area contributed by atoms with Crippen LogP contribution < -0.4 is 5.32 Å². The Bertz CT molecular complexity index is 705. The van der Waals surface area contributed by atoms with Crippen molar-refractivity contribution in [2.24, 2.45) is 0 Å². The number of nitrogens with one attached hydrogen (secondary N) is 1. The number of anilines is 1. The van der Waals surface area contributed by atoms with E-state index in [2.05, 4.69) is 33.3 Å². The minimum atomic E-state index is 0.0498. The minimum absolute atomic E-state index is 0.0498. The molecule has 3 rings (SSSR count). The van der Waals surface area contributed by atoms with E-state index in [0.717, 1.165) is 56.3 Å². The van der Waals surface area contributed by atoms with Gasteiger partial charge in [-0.15, -0.1) is 0 Å². The Labute approximate surface area is 148 Å². The molecule has 0 unspecified atom stereocenters. The van der Waals surface area contributed by atoms with Crippen molar-refractivity contribution in [1.29, 1.82) is 0 Å². The third-order valence-corrected chi connectivity index (χ3v) is 4.51. The molecule has 1 fully saturated rings. The van der Waals surface area contributed by atoms with Gasteiger partial charge in [0, 0.05) is 44.5 Å². The van der Waals surface area contributed by atoms with Gasteiger partial charge in [0.15, 0.2) is 0 Å². The minimum Gasteiger partial charge on any atom is -0.361 e.